The maximum atomic E-state index is 10.5. The first kappa shape index (κ1) is 4.32. The minimum atomic E-state index is 0.0986. The maximum Gasteiger partial charge on any atom is 0.220 e. The zero-order valence-electron chi connectivity index (χ0n) is 5.61. The Morgan fingerprint density at radius 1 is 2.00 bits per heavy atom. The largest absolute Gasteiger partial charge is 0.355 e. The summed E-state index contributed by atoms with van der Waals surface area (Å²) in [5, 5.41) is 2.66. The summed E-state index contributed by atoms with van der Waals surface area (Å²) in [5.74, 6) is 0.0986. The second kappa shape index (κ2) is 2.13. The summed E-state index contributed by atoms with van der Waals surface area (Å²) in [6, 6.07) is 0.155. The Morgan fingerprint density at radius 3 is 3.38 bits per heavy atom. The lowest BCUT2D eigenvalue weighted by Crippen LogP contribution is -2.42. The van der Waals surface area contributed by atoms with E-state index in [0.29, 0.717) is 13.0 Å². The predicted molar refractivity (Wildman–Crippen MR) is 30.2 cm³/mol. The van der Waals surface area contributed by atoms with Crippen LogP contribution >= 0.6 is 0 Å². The summed E-state index contributed by atoms with van der Waals surface area (Å²) in [7, 11) is 0. The number of piperidine rings is 1. The average molecular weight is 115 g/mol. The lowest BCUT2D eigenvalue weighted by molar-refractivity contribution is -0.122. The number of hydrogen-bond donors (Lipinski definition) is 2. The number of amides is 1. The molecule has 0 aromatic carbocycles. The number of hydrogen-bond acceptors (Lipinski definition) is 2. The van der Waals surface area contributed by atoms with Gasteiger partial charge in [0.25, 0.3) is 0 Å². The number of carbonyl (C=O) groups excluding carboxylic acids is 1. The fourth-order valence-electron chi connectivity index (χ4n) is 0.733. The fraction of sp³-hybridized carbons (Fsp3) is 0.800. The highest BCUT2D eigenvalue weighted by Crippen LogP contribution is 1.98. The smallest absolute Gasteiger partial charge is 0.220 e. The molecule has 3 N–H and O–H groups in total. The Morgan fingerprint density at radius 2 is 2.88 bits per heavy atom. The molecule has 0 radical (unpaired) electrons. The number of rotatable bonds is 1. The SMILES string of the molecule is [2H]N[C@H]1CCC(=O)NC1. The van der Waals surface area contributed by atoms with Crippen molar-refractivity contribution in [2.45, 2.75) is 18.9 Å². The van der Waals surface area contributed by atoms with Crippen LogP contribution in [0.4, 0.5) is 0 Å². The van der Waals surface area contributed by atoms with Crippen LogP contribution < -0.4 is 11.0 Å². The molecule has 3 heteroatoms. The maximum absolute atomic E-state index is 10.5. The van der Waals surface area contributed by atoms with Gasteiger partial charge in [0.05, 0.1) is 0 Å². The normalized spacial score (nSPS) is 31.2. The van der Waals surface area contributed by atoms with Crippen molar-refractivity contribution in [1.82, 2.24) is 5.32 Å². The van der Waals surface area contributed by atoms with Gasteiger partial charge in [-0.3, -0.25) is 4.79 Å². The first-order chi connectivity index (χ1) is 4.33. The molecule has 8 heavy (non-hydrogen) atoms. The van der Waals surface area contributed by atoms with Crippen molar-refractivity contribution >= 4 is 5.91 Å². The molecule has 1 aliphatic heterocycles. The zero-order valence-corrected chi connectivity index (χ0v) is 4.61. The molecule has 46 valence electrons. The molecule has 0 unspecified atom stereocenters. The van der Waals surface area contributed by atoms with Gasteiger partial charge in [0.15, 0.2) is 0 Å². The summed E-state index contributed by atoms with van der Waals surface area (Å²) in [6.45, 7) is 0.600. The van der Waals surface area contributed by atoms with Gasteiger partial charge in [-0.1, -0.05) is 0 Å². The van der Waals surface area contributed by atoms with Gasteiger partial charge in [0.1, 0.15) is 1.41 Å². The van der Waals surface area contributed by atoms with Gasteiger partial charge in [-0.2, -0.15) is 0 Å². The van der Waals surface area contributed by atoms with Crippen molar-refractivity contribution in [3.63, 3.8) is 0 Å². The summed E-state index contributed by atoms with van der Waals surface area (Å²) in [6.07, 6.45) is 1.34. The van der Waals surface area contributed by atoms with Crippen molar-refractivity contribution in [1.29, 1.82) is 0 Å². The van der Waals surface area contributed by atoms with Crippen molar-refractivity contribution in [3.8, 4) is 0 Å². The first-order valence-corrected chi connectivity index (χ1v) is 2.77. The Balaban J connectivity index is 2.26. The van der Waals surface area contributed by atoms with Gasteiger partial charge in [-0.25, -0.2) is 0 Å². The molecule has 0 spiro atoms. The molecule has 0 aromatic heterocycles. The third-order valence-electron chi connectivity index (χ3n) is 1.27. The molecule has 0 aliphatic carbocycles. The van der Waals surface area contributed by atoms with Crippen LogP contribution in [-0.4, -0.2) is 18.5 Å². The summed E-state index contributed by atoms with van der Waals surface area (Å²) in [4.78, 5) is 10.5. The van der Waals surface area contributed by atoms with E-state index in [1.165, 1.54) is 0 Å². The second-order valence-electron chi connectivity index (χ2n) is 2.04. The van der Waals surface area contributed by atoms with Crippen molar-refractivity contribution in [3.05, 3.63) is 0 Å². The van der Waals surface area contributed by atoms with Crippen LogP contribution in [-0.2, 0) is 4.79 Å². The number of carbonyl (C=O) groups is 1. The van der Waals surface area contributed by atoms with E-state index in [1.54, 1.807) is 0 Å². The zero-order chi connectivity index (χ0) is 6.69. The highest BCUT2D eigenvalue weighted by atomic mass is 16.1. The van der Waals surface area contributed by atoms with Crippen LogP contribution in [0.25, 0.3) is 0 Å². The summed E-state index contributed by atoms with van der Waals surface area (Å²) in [5.41, 5.74) is 2.36. The second-order valence-corrected chi connectivity index (χ2v) is 2.04. The first-order valence-electron chi connectivity index (χ1n) is 3.27. The van der Waals surface area contributed by atoms with Crippen LogP contribution in [0.1, 0.15) is 12.8 Å². The van der Waals surface area contributed by atoms with Gasteiger partial charge in [0.2, 0.25) is 5.91 Å². The van der Waals surface area contributed by atoms with Crippen molar-refractivity contribution < 1.29 is 6.21 Å². The molecule has 1 heterocycles. The topological polar surface area (TPSA) is 55.1 Å². The summed E-state index contributed by atoms with van der Waals surface area (Å²) < 4.78 is 6.76. The molecule has 1 saturated heterocycles. The molecular weight excluding hydrogens is 104 g/mol. The minimum absolute atomic E-state index is 0.0986. The molecule has 3 nitrogen and oxygen atoms in total. The average Bonchev–Trinajstić information content (AvgIpc) is 1.90. The highest BCUT2D eigenvalue weighted by Gasteiger charge is 2.12. The van der Waals surface area contributed by atoms with Gasteiger partial charge in [-0.05, 0) is 6.42 Å². The Hall–Kier alpha value is -0.570. The van der Waals surface area contributed by atoms with Gasteiger partial charge in [0, 0.05) is 19.0 Å². The van der Waals surface area contributed by atoms with E-state index in [-0.39, 0.29) is 11.9 Å². The third kappa shape index (κ3) is 1.20. The standard InChI is InChI=1S/C5H10N2O/c6-4-1-2-5(8)7-3-4/h4H,1-3,6H2,(H,7,8)/t4-/m0/s1/i/hD. The van der Waals surface area contributed by atoms with E-state index in [2.05, 4.69) is 11.0 Å². The van der Waals surface area contributed by atoms with Crippen molar-refractivity contribution in [2.24, 2.45) is 5.73 Å². The molecule has 0 aromatic rings. The molecule has 1 aliphatic rings. The van der Waals surface area contributed by atoms with E-state index >= 15 is 0 Å². The Labute approximate surface area is 49.7 Å². The molecule has 0 saturated carbocycles. The number of nitrogens with two attached hydrogens (primary N) is 1. The molecule has 0 bridgehead atoms. The van der Waals surface area contributed by atoms with E-state index < -0.39 is 0 Å². The van der Waals surface area contributed by atoms with Gasteiger partial charge in [-0.15, -0.1) is 0 Å². The van der Waals surface area contributed by atoms with Gasteiger partial charge >= 0.3 is 0 Å². The van der Waals surface area contributed by atoms with Gasteiger partial charge < -0.3 is 11.0 Å². The Kier molecular flexibility index (Phi) is 1.15. The quantitative estimate of drug-likeness (QED) is 0.471. The molecule has 1 atom stereocenters. The predicted octanol–water partition coefficient (Wildman–Crippen LogP) is -0.776. The van der Waals surface area contributed by atoms with E-state index in [0.717, 1.165) is 6.42 Å². The van der Waals surface area contributed by atoms with Crippen LogP contribution in [0.3, 0.4) is 0 Å². The fourth-order valence-corrected chi connectivity index (χ4v) is 0.733. The van der Waals surface area contributed by atoms with Crippen LogP contribution in [0.15, 0.2) is 0 Å². The summed E-state index contributed by atoms with van der Waals surface area (Å²) >= 11 is 0. The molecule has 1 rings (SSSR count). The van der Waals surface area contributed by atoms with Crippen LogP contribution in [0.5, 0.6) is 0 Å². The number of nitrogens with one attached hydrogen (secondary N) is 1. The van der Waals surface area contributed by atoms with E-state index in [9.17, 15) is 4.79 Å². The van der Waals surface area contributed by atoms with E-state index in [1.807, 2.05) is 0 Å². The lowest BCUT2D eigenvalue weighted by atomic mass is 10.1. The Bertz CT molecular complexity index is 108. The molecular formula is C5H10N2O. The molecule has 1 amide bonds. The lowest BCUT2D eigenvalue weighted by Gasteiger charge is -2.17. The highest BCUT2D eigenvalue weighted by molar-refractivity contribution is 5.76. The minimum Gasteiger partial charge on any atom is -0.355 e. The van der Waals surface area contributed by atoms with E-state index in [4.69, 9.17) is 1.41 Å². The molecule has 1 fully saturated rings. The van der Waals surface area contributed by atoms with Crippen molar-refractivity contribution in [2.75, 3.05) is 6.54 Å². The monoisotopic (exact) mass is 115 g/mol. The van der Waals surface area contributed by atoms with Crippen LogP contribution in [0.2, 0.25) is 1.41 Å². The van der Waals surface area contributed by atoms with Crippen LogP contribution in [0, 0.1) is 0 Å². The third-order valence-corrected chi connectivity index (χ3v) is 1.27.